The number of hydrogen-bond acceptors (Lipinski definition) is 7. The van der Waals surface area contributed by atoms with Crippen molar-refractivity contribution >= 4 is 15.5 Å². The van der Waals surface area contributed by atoms with Crippen LogP contribution in [0.3, 0.4) is 0 Å². The third kappa shape index (κ3) is 6.06. The summed E-state index contributed by atoms with van der Waals surface area (Å²) in [5.74, 6) is 0.671. The first-order valence-electron chi connectivity index (χ1n) is 10.1. The maximum absolute atomic E-state index is 12.8. The molecule has 9 heteroatoms. The van der Waals surface area contributed by atoms with Gasteiger partial charge in [0, 0.05) is 6.54 Å². The fourth-order valence-corrected chi connectivity index (χ4v) is 4.30. The fourth-order valence-electron chi connectivity index (χ4n) is 3.01. The molecule has 0 N–H and O–H groups in total. The van der Waals surface area contributed by atoms with Gasteiger partial charge in [0.05, 0.1) is 34.6 Å². The van der Waals surface area contributed by atoms with Gasteiger partial charge in [-0.3, -0.25) is 5.01 Å². The molecule has 0 aliphatic rings. The molecule has 162 valence electrons. The number of benzene rings is 2. The highest BCUT2D eigenvalue weighted by Gasteiger charge is 2.16. The Morgan fingerprint density at radius 2 is 1.71 bits per heavy atom. The Labute approximate surface area is 182 Å². The molecule has 0 aliphatic heterocycles. The van der Waals surface area contributed by atoms with Crippen molar-refractivity contribution in [1.29, 1.82) is 5.26 Å². The van der Waals surface area contributed by atoms with E-state index in [-0.39, 0.29) is 10.6 Å². The number of anilines is 1. The monoisotopic (exact) mass is 439 g/mol. The highest BCUT2D eigenvalue weighted by Crippen LogP contribution is 2.20. The van der Waals surface area contributed by atoms with Gasteiger partial charge in [-0.2, -0.15) is 5.26 Å². The third-order valence-electron chi connectivity index (χ3n) is 4.71. The highest BCUT2D eigenvalue weighted by molar-refractivity contribution is 7.91. The van der Waals surface area contributed by atoms with E-state index in [0.29, 0.717) is 30.9 Å². The van der Waals surface area contributed by atoms with Gasteiger partial charge in [0.1, 0.15) is 18.4 Å². The van der Waals surface area contributed by atoms with Gasteiger partial charge >= 0.3 is 0 Å². The number of hydrogen-bond donors (Lipinski definition) is 0. The molecule has 1 heterocycles. The quantitative estimate of drug-likeness (QED) is 0.422. The number of nitriles is 1. The molecule has 0 bridgehead atoms. The van der Waals surface area contributed by atoms with Gasteiger partial charge < -0.3 is 4.74 Å². The summed E-state index contributed by atoms with van der Waals surface area (Å²) in [5.41, 5.74) is 1.36. The standard InChI is InChI=1S/C22H25N5O3S/c1-2-3-14-30-21-9-11-22(12-10-21)31(28,29)15-4-13-27(26-17-24-25-18-26)20-7-5-19(16-23)6-8-20/h5-12,17-18H,2-4,13-15H2,1H3. The first-order valence-corrected chi connectivity index (χ1v) is 11.8. The second-order valence-corrected chi connectivity index (χ2v) is 9.08. The second-order valence-electron chi connectivity index (χ2n) is 6.97. The third-order valence-corrected chi connectivity index (χ3v) is 6.53. The minimum absolute atomic E-state index is 0.00204. The summed E-state index contributed by atoms with van der Waals surface area (Å²) >= 11 is 0. The van der Waals surface area contributed by atoms with Crippen molar-refractivity contribution in [3.05, 3.63) is 66.7 Å². The summed E-state index contributed by atoms with van der Waals surface area (Å²) < 4.78 is 32.8. The Balaban J connectivity index is 1.64. The van der Waals surface area contributed by atoms with Gasteiger partial charge in [-0.05, 0) is 61.4 Å². The van der Waals surface area contributed by atoms with Crippen LogP contribution in [0.25, 0.3) is 0 Å². The second kappa shape index (κ2) is 10.6. The largest absolute Gasteiger partial charge is 0.494 e. The van der Waals surface area contributed by atoms with Crippen molar-refractivity contribution in [2.45, 2.75) is 31.1 Å². The van der Waals surface area contributed by atoms with Crippen LogP contribution < -0.4 is 9.75 Å². The summed E-state index contributed by atoms with van der Waals surface area (Å²) in [6.45, 7) is 3.14. The molecule has 31 heavy (non-hydrogen) atoms. The maximum atomic E-state index is 12.8. The topological polar surface area (TPSA) is 101 Å². The van der Waals surface area contributed by atoms with Crippen LogP contribution in [0.2, 0.25) is 0 Å². The van der Waals surface area contributed by atoms with E-state index in [0.717, 1.165) is 18.5 Å². The molecule has 0 aliphatic carbocycles. The lowest BCUT2D eigenvalue weighted by Gasteiger charge is -2.24. The lowest BCUT2D eigenvalue weighted by molar-refractivity contribution is 0.309. The number of ether oxygens (including phenoxy) is 1. The molecule has 0 amide bonds. The zero-order chi connectivity index (χ0) is 22.1. The minimum atomic E-state index is -3.43. The van der Waals surface area contributed by atoms with E-state index in [1.807, 2.05) is 17.1 Å². The van der Waals surface area contributed by atoms with E-state index in [1.165, 1.54) is 0 Å². The molecular formula is C22H25N5O3S. The van der Waals surface area contributed by atoms with E-state index >= 15 is 0 Å². The molecule has 0 radical (unpaired) electrons. The first-order chi connectivity index (χ1) is 15.0. The number of aromatic nitrogens is 3. The summed E-state index contributed by atoms with van der Waals surface area (Å²) in [6.07, 6.45) is 5.49. The average molecular weight is 440 g/mol. The van der Waals surface area contributed by atoms with Gasteiger partial charge in [0.15, 0.2) is 9.84 Å². The molecule has 1 aromatic heterocycles. The Bertz CT molecular complexity index is 1090. The van der Waals surface area contributed by atoms with Crippen molar-refractivity contribution in [2.75, 3.05) is 23.9 Å². The zero-order valence-electron chi connectivity index (χ0n) is 17.4. The van der Waals surface area contributed by atoms with E-state index in [1.54, 1.807) is 53.7 Å². The molecule has 3 rings (SSSR count). The Morgan fingerprint density at radius 1 is 1.03 bits per heavy atom. The predicted octanol–water partition coefficient (Wildman–Crippen LogP) is 3.46. The van der Waals surface area contributed by atoms with Crippen LogP contribution in [0, 0.1) is 11.3 Å². The Hall–Kier alpha value is -3.38. The zero-order valence-corrected chi connectivity index (χ0v) is 18.2. The Kier molecular flexibility index (Phi) is 7.62. The lowest BCUT2D eigenvalue weighted by atomic mass is 10.2. The maximum Gasteiger partial charge on any atom is 0.178 e. The van der Waals surface area contributed by atoms with Crippen molar-refractivity contribution in [3.63, 3.8) is 0 Å². The average Bonchev–Trinajstić information content (AvgIpc) is 3.32. The van der Waals surface area contributed by atoms with E-state index in [2.05, 4.69) is 23.2 Å². The van der Waals surface area contributed by atoms with Crippen molar-refractivity contribution < 1.29 is 13.2 Å². The van der Waals surface area contributed by atoms with E-state index in [9.17, 15) is 8.42 Å². The molecular weight excluding hydrogens is 414 g/mol. The van der Waals surface area contributed by atoms with Crippen LogP contribution >= 0.6 is 0 Å². The van der Waals surface area contributed by atoms with Crippen LogP contribution in [0.1, 0.15) is 31.7 Å². The van der Waals surface area contributed by atoms with Crippen LogP contribution in [-0.2, 0) is 9.84 Å². The normalized spacial score (nSPS) is 11.1. The van der Waals surface area contributed by atoms with E-state index in [4.69, 9.17) is 10.00 Å². The number of unbranched alkanes of at least 4 members (excludes halogenated alkanes) is 1. The van der Waals surface area contributed by atoms with Gasteiger partial charge in [-0.15, -0.1) is 10.2 Å². The Morgan fingerprint density at radius 3 is 2.32 bits per heavy atom. The highest BCUT2D eigenvalue weighted by atomic mass is 32.2. The molecule has 2 aromatic carbocycles. The number of nitrogens with zero attached hydrogens (tertiary/aromatic N) is 5. The molecule has 3 aromatic rings. The van der Waals surface area contributed by atoms with Gasteiger partial charge in [-0.25, -0.2) is 13.1 Å². The van der Waals surface area contributed by atoms with E-state index < -0.39 is 9.84 Å². The van der Waals surface area contributed by atoms with Crippen molar-refractivity contribution in [3.8, 4) is 11.8 Å². The molecule has 0 saturated carbocycles. The van der Waals surface area contributed by atoms with Gasteiger partial charge in [-0.1, -0.05) is 13.3 Å². The summed E-state index contributed by atoms with van der Waals surface area (Å²) in [5, 5.41) is 18.5. The summed E-state index contributed by atoms with van der Waals surface area (Å²) in [7, 11) is -3.43. The van der Waals surface area contributed by atoms with Gasteiger partial charge in [0.25, 0.3) is 0 Å². The molecule has 0 spiro atoms. The number of sulfone groups is 1. The molecule has 0 saturated heterocycles. The minimum Gasteiger partial charge on any atom is -0.494 e. The molecule has 8 nitrogen and oxygen atoms in total. The van der Waals surface area contributed by atoms with Gasteiger partial charge in [0.2, 0.25) is 0 Å². The molecule has 0 unspecified atom stereocenters. The van der Waals surface area contributed by atoms with Crippen molar-refractivity contribution in [2.24, 2.45) is 0 Å². The smallest absolute Gasteiger partial charge is 0.178 e. The first kappa shape index (κ1) is 22.3. The van der Waals surface area contributed by atoms with Crippen molar-refractivity contribution in [1.82, 2.24) is 14.9 Å². The lowest BCUT2D eigenvalue weighted by Crippen LogP contribution is -2.30. The summed E-state index contributed by atoms with van der Waals surface area (Å²) in [4.78, 5) is 0.282. The van der Waals surface area contributed by atoms with Crippen LogP contribution in [-0.4, -0.2) is 42.2 Å². The fraction of sp³-hybridized carbons (Fsp3) is 0.318. The van der Waals surface area contributed by atoms with Crippen LogP contribution in [0.4, 0.5) is 5.69 Å². The predicted molar refractivity (Wildman–Crippen MR) is 117 cm³/mol. The molecule has 0 fully saturated rings. The van der Waals surface area contributed by atoms with Crippen LogP contribution in [0.5, 0.6) is 5.75 Å². The van der Waals surface area contributed by atoms with Crippen LogP contribution in [0.15, 0.2) is 66.1 Å². The SMILES string of the molecule is CCCCOc1ccc(S(=O)(=O)CCCN(c2ccc(C#N)cc2)n2cnnc2)cc1. The number of rotatable bonds is 11. The summed E-state index contributed by atoms with van der Waals surface area (Å²) in [6, 6.07) is 15.7. The molecule has 0 atom stereocenters.